The maximum absolute atomic E-state index is 4.61. The summed E-state index contributed by atoms with van der Waals surface area (Å²) < 4.78 is 0. The van der Waals surface area contributed by atoms with Crippen LogP contribution in [0.3, 0.4) is 0 Å². The quantitative estimate of drug-likeness (QED) is 0.759. The van der Waals surface area contributed by atoms with E-state index in [1.165, 1.54) is 0 Å². The number of pyridine rings is 3. The van der Waals surface area contributed by atoms with Crippen LogP contribution in [0, 0.1) is 6.92 Å². The second-order valence-corrected chi connectivity index (χ2v) is 4.35. The van der Waals surface area contributed by atoms with E-state index in [0.29, 0.717) is 0 Å². The molecule has 1 N–H and O–H groups in total. The van der Waals surface area contributed by atoms with E-state index in [9.17, 15) is 0 Å². The molecule has 3 heterocycles. The highest BCUT2D eigenvalue weighted by Gasteiger charge is 2.09. The van der Waals surface area contributed by atoms with Crippen molar-refractivity contribution < 1.29 is 0 Å². The summed E-state index contributed by atoms with van der Waals surface area (Å²) in [6.07, 6.45) is 3.56. The molecule has 0 saturated heterocycles. The molecule has 3 aromatic heterocycles. The zero-order valence-corrected chi connectivity index (χ0v) is 10.9. The van der Waals surface area contributed by atoms with E-state index in [-0.39, 0.29) is 0 Å². The van der Waals surface area contributed by atoms with Crippen LogP contribution in [-0.2, 0) is 0 Å². The molecule has 19 heavy (non-hydrogen) atoms. The number of anilines is 1. The van der Waals surface area contributed by atoms with E-state index in [1.807, 2.05) is 44.3 Å². The Morgan fingerprint density at radius 2 is 1.84 bits per heavy atom. The van der Waals surface area contributed by atoms with Gasteiger partial charge in [0.25, 0.3) is 0 Å². The van der Waals surface area contributed by atoms with Crippen LogP contribution in [-0.4, -0.2) is 22.0 Å². The van der Waals surface area contributed by atoms with Crippen molar-refractivity contribution in [3.63, 3.8) is 0 Å². The molecule has 0 aliphatic carbocycles. The second-order valence-electron chi connectivity index (χ2n) is 4.35. The average Bonchev–Trinajstić information content (AvgIpc) is 2.46. The number of nitrogens with zero attached hydrogens (tertiary/aromatic N) is 3. The van der Waals surface area contributed by atoms with Gasteiger partial charge in [-0.2, -0.15) is 0 Å². The summed E-state index contributed by atoms with van der Waals surface area (Å²) in [7, 11) is 1.85. The maximum Gasteiger partial charge on any atom is 0.153 e. The van der Waals surface area contributed by atoms with Crippen LogP contribution in [0.15, 0.2) is 42.7 Å². The van der Waals surface area contributed by atoms with E-state index < -0.39 is 0 Å². The third-order valence-electron chi connectivity index (χ3n) is 3.08. The summed E-state index contributed by atoms with van der Waals surface area (Å²) in [5.41, 5.74) is 3.76. The van der Waals surface area contributed by atoms with Gasteiger partial charge < -0.3 is 5.32 Å². The Balaban J connectivity index is 2.29. The molecule has 0 fully saturated rings. The average molecular weight is 250 g/mol. The molecule has 0 atom stereocenters. The zero-order chi connectivity index (χ0) is 13.2. The number of rotatable bonds is 2. The predicted molar refractivity (Wildman–Crippen MR) is 77.1 cm³/mol. The van der Waals surface area contributed by atoms with Crippen LogP contribution in [0.25, 0.3) is 22.3 Å². The summed E-state index contributed by atoms with van der Waals surface area (Å²) in [6.45, 7) is 2.04. The molecule has 0 saturated carbocycles. The first kappa shape index (κ1) is 11.6. The first-order valence-electron chi connectivity index (χ1n) is 6.15. The van der Waals surface area contributed by atoms with Crippen LogP contribution in [0.1, 0.15) is 5.56 Å². The summed E-state index contributed by atoms with van der Waals surface area (Å²) >= 11 is 0. The Kier molecular flexibility index (Phi) is 2.83. The van der Waals surface area contributed by atoms with Crippen LogP contribution < -0.4 is 5.32 Å². The van der Waals surface area contributed by atoms with Gasteiger partial charge in [-0.3, -0.25) is 9.97 Å². The van der Waals surface area contributed by atoms with Gasteiger partial charge in [0.05, 0.1) is 11.4 Å². The summed E-state index contributed by atoms with van der Waals surface area (Å²) in [6, 6.07) is 9.96. The first-order valence-corrected chi connectivity index (χ1v) is 6.15. The lowest BCUT2D eigenvalue weighted by Crippen LogP contribution is -1.98. The molecule has 0 aromatic carbocycles. The van der Waals surface area contributed by atoms with Crippen molar-refractivity contribution in [1.29, 1.82) is 0 Å². The van der Waals surface area contributed by atoms with Crippen molar-refractivity contribution >= 4 is 16.7 Å². The standard InChI is InChI=1S/C15H14N4/c1-10-5-3-7-17-13(10)12-9-11-6-4-8-18-14(11)15(16-2)19-12/h3-9H,1-2H3,(H,16,19). The Morgan fingerprint density at radius 1 is 1.05 bits per heavy atom. The van der Waals surface area contributed by atoms with E-state index in [1.54, 1.807) is 12.4 Å². The van der Waals surface area contributed by atoms with Crippen molar-refractivity contribution in [2.45, 2.75) is 6.92 Å². The fourth-order valence-corrected chi connectivity index (χ4v) is 2.13. The fraction of sp³-hybridized carbons (Fsp3) is 0.133. The van der Waals surface area contributed by atoms with Crippen molar-refractivity contribution in [3.8, 4) is 11.4 Å². The lowest BCUT2D eigenvalue weighted by molar-refractivity contribution is 1.21. The summed E-state index contributed by atoms with van der Waals surface area (Å²) in [4.78, 5) is 13.4. The molecule has 94 valence electrons. The Morgan fingerprint density at radius 3 is 2.63 bits per heavy atom. The molecule has 0 spiro atoms. The van der Waals surface area contributed by atoms with Crippen LogP contribution in [0.2, 0.25) is 0 Å². The monoisotopic (exact) mass is 250 g/mol. The highest BCUT2D eigenvalue weighted by Crippen LogP contribution is 2.26. The van der Waals surface area contributed by atoms with Crippen molar-refractivity contribution in [3.05, 3.63) is 48.3 Å². The number of hydrogen-bond donors (Lipinski definition) is 1. The smallest absolute Gasteiger partial charge is 0.153 e. The fourth-order valence-electron chi connectivity index (χ4n) is 2.13. The number of aryl methyl sites for hydroxylation is 1. The largest absolute Gasteiger partial charge is 0.371 e. The maximum atomic E-state index is 4.61. The molecular weight excluding hydrogens is 236 g/mol. The van der Waals surface area contributed by atoms with Crippen molar-refractivity contribution in [1.82, 2.24) is 15.0 Å². The minimum atomic E-state index is 0.776. The van der Waals surface area contributed by atoms with Gasteiger partial charge in [0, 0.05) is 24.8 Å². The number of nitrogens with one attached hydrogen (secondary N) is 1. The van der Waals surface area contributed by atoms with Gasteiger partial charge in [0.15, 0.2) is 5.82 Å². The van der Waals surface area contributed by atoms with Gasteiger partial charge in [-0.15, -0.1) is 0 Å². The minimum Gasteiger partial charge on any atom is -0.371 e. The molecule has 3 rings (SSSR count). The van der Waals surface area contributed by atoms with Gasteiger partial charge in [0.2, 0.25) is 0 Å². The first-order chi connectivity index (χ1) is 9.29. The summed E-state index contributed by atoms with van der Waals surface area (Å²) in [5.74, 6) is 0.776. The van der Waals surface area contributed by atoms with Crippen LogP contribution in [0.4, 0.5) is 5.82 Å². The van der Waals surface area contributed by atoms with Crippen molar-refractivity contribution in [2.75, 3.05) is 12.4 Å². The highest BCUT2D eigenvalue weighted by atomic mass is 15.0. The third-order valence-corrected chi connectivity index (χ3v) is 3.08. The van der Waals surface area contributed by atoms with Crippen LogP contribution >= 0.6 is 0 Å². The zero-order valence-electron chi connectivity index (χ0n) is 10.9. The van der Waals surface area contributed by atoms with Crippen LogP contribution in [0.5, 0.6) is 0 Å². The third kappa shape index (κ3) is 2.01. The normalized spacial score (nSPS) is 10.6. The predicted octanol–water partition coefficient (Wildman–Crippen LogP) is 3.04. The molecule has 0 aliphatic heterocycles. The number of aromatic nitrogens is 3. The van der Waals surface area contributed by atoms with Gasteiger partial charge in [-0.05, 0) is 30.7 Å². The number of hydrogen-bond acceptors (Lipinski definition) is 4. The molecular formula is C15H14N4. The summed E-state index contributed by atoms with van der Waals surface area (Å²) in [5, 5.41) is 4.16. The minimum absolute atomic E-state index is 0.776. The Bertz CT molecular complexity index is 737. The van der Waals surface area contributed by atoms with Gasteiger partial charge in [-0.1, -0.05) is 12.1 Å². The number of fused-ring (bicyclic) bond motifs is 1. The van der Waals surface area contributed by atoms with E-state index in [2.05, 4.69) is 20.3 Å². The molecule has 4 heteroatoms. The molecule has 4 nitrogen and oxygen atoms in total. The lowest BCUT2D eigenvalue weighted by atomic mass is 10.1. The Labute approximate surface area is 111 Å². The topological polar surface area (TPSA) is 50.7 Å². The lowest BCUT2D eigenvalue weighted by Gasteiger charge is -2.09. The van der Waals surface area contributed by atoms with E-state index in [4.69, 9.17) is 0 Å². The van der Waals surface area contributed by atoms with E-state index in [0.717, 1.165) is 33.7 Å². The SMILES string of the molecule is CNc1nc(-c2ncccc2C)cc2cccnc12. The van der Waals surface area contributed by atoms with Crippen molar-refractivity contribution in [2.24, 2.45) is 0 Å². The van der Waals surface area contributed by atoms with E-state index >= 15 is 0 Å². The molecule has 0 bridgehead atoms. The van der Waals surface area contributed by atoms with Gasteiger partial charge in [-0.25, -0.2) is 4.98 Å². The van der Waals surface area contributed by atoms with Gasteiger partial charge in [0.1, 0.15) is 5.52 Å². The second kappa shape index (κ2) is 4.65. The molecule has 0 aliphatic rings. The highest BCUT2D eigenvalue weighted by molar-refractivity contribution is 5.91. The molecule has 0 unspecified atom stereocenters. The Hall–Kier alpha value is -2.49. The molecule has 0 radical (unpaired) electrons. The molecule has 3 aromatic rings. The van der Waals surface area contributed by atoms with Gasteiger partial charge >= 0.3 is 0 Å². The molecule has 0 amide bonds.